The second kappa shape index (κ2) is 5.12. The van der Waals surface area contributed by atoms with E-state index in [-0.39, 0.29) is 17.1 Å². The first-order valence-corrected chi connectivity index (χ1v) is 6.54. The number of benzene rings is 1. The van der Waals surface area contributed by atoms with Crippen molar-refractivity contribution < 1.29 is 17.9 Å². The number of ether oxygens (including phenoxy) is 1. The Hall–Kier alpha value is -1.36. The number of carbonyl (C=O) groups is 1. The van der Waals surface area contributed by atoms with Crippen molar-refractivity contribution in [3.8, 4) is 0 Å². The quantitative estimate of drug-likeness (QED) is 0.744. The normalized spacial score (nSPS) is 11.1. The summed E-state index contributed by atoms with van der Waals surface area (Å²) in [6, 6.07) is 6.48. The average molecular weight is 242 g/mol. The Kier molecular flexibility index (Phi) is 4.06. The number of sulfone groups is 1. The fourth-order valence-electron chi connectivity index (χ4n) is 1.34. The lowest BCUT2D eigenvalue weighted by atomic mass is 10.1. The molecule has 0 aliphatic carbocycles. The lowest BCUT2D eigenvalue weighted by Gasteiger charge is -2.07. The number of esters is 1. The third kappa shape index (κ3) is 2.82. The Bertz CT molecular complexity index is 477. The average Bonchev–Trinajstić information content (AvgIpc) is 2.29. The van der Waals surface area contributed by atoms with Gasteiger partial charge in [-0.2, -0.15) is 0 Å². The first-order chi connectivity index (χ1) is 7.51. The molecular formula is C11H14O4S. The van der Waals surface area contributed by atoms with Gasteiger partial charge in [0.15, 0.2) is 9.84 Å². The van der Waals surface area contributed by atoms with Crippen LogP contribution in [0.3, 0.4) is 0 Å². The van der Waals surface area contributed by atoms with Crippen LogP contribution in [0.2, 0.25) is 0 Å². The summed E-state index contributed by atoms with van der Waals surface area (Å²) in [6.07, 6.45) is -0.0219. The van der Waals surface area contributed by atoms with E-state index in [1.807, 2.05) is 0 Å². The molecule has 0 aliphatic rings. The van der Waals surface area contributed by atoms with E-state index in [9.17, 15) is 13.2 Å². The van der Waals surface area contributed by atoms with E-state index in [1.54, 1.807) is 25.1 Å². The topological polar surface area (TPSA) is 60.4 Å². The minimum absolute atomic E-state index is 0.0190. The molecule has 0 spiro atoms. The van der Waals surface area contributed by atoms with Gasteiger partial charge in [0.05, 0.1) is 24.2 Å². The summed E-state index contributed by atoms with van der Waals surface area (Å²) in [5.41, 5.74) is 0.483. The van der Waals surface area contributed by atoms with Crippen LogP contribution in [-0.4, -0.2) is 27.2 Å². The van der Waals surface area contributed by atoms with Crippen molar-refractivity contribution in [1.82, 2.24) is 0 Å². The monoisotopic (exact) mass is 242 g/mol. The lowest BCUT2D eigenvalue weighted by molar-refractivity contribution is -0.139. The number of hydrogen-bond acceptors (Lipinski definition) is 4. The molecule has 0 aromatic heterocycles. The van der Waals surface area contributed by atoms with E-state index in [1.165, 1.54) is 13.2 Å². The molecule has 0 fully saturated rings. The van der Waals surface area contributed by atoms with Crippen LogP contribution in [0, 0.1) is 0 Å². The Morgan fingerprint density at radius 1 is 1.31 bits per heavy atom. The van der Waals surface area contributed by atoms with Gasteiger partial charge in [0.25, 0.3) is 0 Å². The fourth-order valence-corrected chi connectivity index (χ4v) is 2.47. The zero-order valence-corrected chi connectivity index (χ0v) is 10.1. The summed E-state index contributed by atoms with van der Waals surface area (Å²) in [7, 11) is -2.01. The van der Waals surface area contributed by atoms with Gasteiger partial charge in [0, 0.05) is 0 Å². The Morgan fingerprint density at radius 3 is 2.50 bits per heavy atom. The van der Waals surface area contributed by atoms with E-state index in [2.05, 4.69) is 4.74 Å². The predicted octanol–water partition coefficient (Wildman–Crippen LogP) is 1.20. The fraction of sp³-hybridized carbons (Fsp3) is 0.364. The highest BCUT2D eigenvalue weighted by molar-refractivity contribution is 7.91. The smallest absolute Gasteiger partial charge is 0.310 e. The maximum atomic E-state index is 11.7. The molecule has 0 bridgehead atoms. The number of hydrogen-bond donors (Lipinski definition) is 0. The minimum Gasteiger partial charge on any atom is -0.469 e. The summed E-state index contributed by atoms with van der Waals surface area (Å²) in [4.78, 5) is 11.3. The van der Waals surface area contributed by atoms with E-state index < -0.39 is 15.8 Å². The Morgan fingerprint density at radius 2 is 1.94 bits per heavy atom. The molecule has 1 aromatic rings. The van der Waals surface area contributed by atoms with E-state index >= 15 is 0 Å². The highest BCUT2D eigenvalue weighted by Crippen LogP contribution is 2.17. The highest BCUT2D eigenvalue weighted by Gasteiger charge is 2.17. The molecule has 88 valence electrons. The predicted molar refractivity (Wildman–Crippen MR) is 59.9 cm³/mol. The van der Waals surface area contributed by atoms with Gasteiger partial charge in [0.2, 0.25) is 0 Å². The van der Waals surface area contributed by atoms with Crippen LogP contribution in [0.15, 0.2) is 29.2 Å². The molecule has 0 saturated carbocycles. The standard InChI is InChI=1S/C11H14O4S/c1-3-16(13,14)10-7-5-4-6-9(10)8-11(12)15-2/h4-7H,3,8H2,1-2H3. The molecule has 0 aliphatic heterocycles. The summed E-state index contributed by atoms with van der Waals surface area (Å²) in [5.74, 6) is -0.427. The van der Waals surface area contributed by atoms with Gasteiger partial charge in [-0.25, -0.2) is 8.42 Å². The Balaban J connectivity index is 3.16. The van der Waals surface area contributed by atoms with Crippen LogP contribution in [0.4, 0.5) is 0 Å². The maximum Gasteiger partial charge on any atom is 0.310 e. The summed E-state index contributed by atoms with van der Waals surface area (Å²) >= 11 is 0. The molecule has 5 heteroatoms. The number of rotatable bonds is 4. The molecule has 0 atom stereocenters. The number of methoxy groups -OCH3 is 1. The van der Waals surface area contributed by atoms with Gasteiger partial charge in [0.1, 0.15) is 0 Å². The summed E-state index contributed by atoms with van der Waals surface area (Å²) < 4.78 is 28.0. The van der Waals surface area contributed by atoms with Crippen molar-refractivity contribution >= 4 is 15.8 Å². The first-order valence-electron chi connectivity index (χ1n) is 4.88. The maximum absolute atomic E-state index is 11.7. The van der Waals surface area contributed by atoms with Crippen molar-refractivity contribution in [2.75, 3.05) is 12.9 Å². The highest BCUT2D eigenvalue weighted by atomic mass is 32.2. The third-order valence-corrected chi connectivity index (χ3v) is 4.08. The number of carbonyl (C=O) groups excluding carboxylic acids is 1. The molecule has 0 amide bonds. The molecule has 0 saturated heterocycles. The molecule has 0 radical (unpaired) electrons. The second-order valence-electron chi connectivity index (χ2n) is 3.26. The molecular weight excluding hydrogens is 228 g/mol. The van der Waals surface area contributed by atoms with Gasteiger partial charge < -0.3 is 4.74 Å². The van der Waals surface area contributed by atoms with Crippen LogP contribution >= 0.6 is 0 Å². The van der Waals surface area contributed by atoms with Crippen molar-refractivity contribution in [2.45, 2.75) is 18.2 Å². The van der Waals surface area contributed by atoms with Gasteiger partial charge in [-0.3, -0.25) is 4.79 Å². The van der Waals surface area contributed by atoms with E-state index in [0.29, 0.717) is 5.56 Å². The van der Waals surface area contributed by atoms with Gasteiger partial charge in [-0.1, -0.05) is 25.1 Å². The van der Waals surface area contributed by atoms with Crippen LogP contribution < -0.4 is 0 Å². The summed E-state index contributed by atoms with van der Waals surface area (Å²) in [5, 5.41) is 0. The molecule has 1 rings (SSSR count). The SMILES string of the molecule is CCS(=O)(=O)c1ccccc1CC(=O)OC. The van der Waals surface area contributed by atoms with E-state index in [4.69, 9.17) is 0 Å². The molecule has 16 heavy (non-hydrogen) atoms. The molecule has 0 heterocycles. The van der Waals surface area contributed by atoms with Gasteiger partial charge >= 0.3 is 5.97 Å². The van der Waals surface area contributed by atoms with Crippen LogP contribution in [0.25, 0.3) is 0 Å². The van der Waals surface area contributed by atoms with Crippen molar-refractivity contribution in [2.24, 2.45) is 0 Å². The van der Waals surface area contributed by atoms with Gasteiger partial charge in [-0.15, -0.1) is 0 Å². The molecule has 0 unspecified atom stereocenters. The van der Waals surface area contributed by atoms with Crippen molar-refractivity contribution in [3.63, 3.8) is 0 Å². The molecule has 0 N–H and O–H groups in total. The lowest BCUT2D eigenvalue weighted by Crippen LogP contribution is -2.11. The minimum atomic E-state index is -3.29. The largest absolute Gasteiger partial charge is 0.469 e. The van der Waals surface area contributed by atoms with Crippen molar-refractivity contribution in [3.05, 3.63) is 29.8 Å². The Labute approximate surface area is 95.2 Å². The molecule has 4 nitrogen and oxygen atoms in total. The van der Waals surface area contributed by atoms with Crippen molar-refractivity contribution in [1.29, 1.82) is 0 Å². The summed E-state index contributed by atoms with van der Waals surface area (Å²) in [6.45, 7) is 1.57. The van der Waals surface area contributed by atoms with Crippen LogP contribution in [0.1, 0.15) is 12.5 Å². The van der Waals surface area contributed by atoms with Crippen LogP contribution in [-0.2, 0) is 25.8 Å². The third-order valence-electron chi connectivity index (χ3n) is 2.25. The van der Waals surface area contributed by atoms with Gasteiger partial charge in [-0.05, 0) is 11.6 Å². The zero-order valence-electron chi connectivity index (χ0n) is 9.26. The second-order valence-corrected chi connectivity index (χ2v) is 5.51. The van der Waals surface area contributed by atoms with Crippen LogP contribution in [0.5, 0.6) is 0 Å². The molecule has 1 aromatic carbocycles. The zero-order chi connectivity index (χ0) is 12.2. The first kappa shape index (κ1) is 12.7. The van der Waals surface area contributed by atoms with E-state index in [0.717, 1.165) is 0 Å².